The summed E-state index contributed by atoms with van der Waals surface area (Å²) in [4.78, 5) is 0.397. The first-order valence-corrected chi connectivity index (χ1v) is 7.80. The first kappa shape index (κ1) is 16.4. The molecule has 0 unspecified atom stereocenters. The molecular formula is C13H21ClN2O2S. The number of piperazine rings is 1. The number of rotatable bonds is 3. The van der Waals surface area contributed by atoms with Crippen molar-refractivity contribution in [1.29, 1.82) is 0 Å². The lowest BCUT2D eigenvalue weighted by Crippen LogP contribution is -2.51. The number of hydrogen-bond acceptors (Lipinski definition) is 3. The number of sulfonamides is 1. The van der Waals surface area contributed by atoms with Gasteiger partial charge in [-0.2, -0.15) is 4.31 Å². The third-order valence-electron chi connectivity index (χ3n) is 3.30. The Balaban J connectivity index is 0.00000180. The van der Waals surface area contributed by atoms with E-state index in [0.717, 1.165) is 12.0 Å². The zero-order valence-corrected chi connectivity index (χ0v) is 12.9. The van der Waals surface area contributed by atoms with Gasteiger partial charge in [-0.3, -0.25) is 0 Å². The highest BCUT2D eigenvalue weighted by atomic mass is 35.5. The maximum Gasteiger partial charge on any atom is 0.243 e. The molecule has 0 aliphatic carbocycles. The lowest BCUT2D eigenvalue weighted by molar-refractivity contribution is 0.310. The molecule has 0 spiro atoms. The molecule has 4 nitrogen and oxygen atoms in total. The highest BCUT2D eigenvalue weighted by molar-refractivity contribution is 7.89. The SMILES string of the molecule is CCc1ccc(S(=O)(=O)N2CCN[C@H](C)C2)cc1.Cl. The zero-order chi connectivity index (χ0) is 13.2. The zero-order valence-electron chi connectivity index (χ0n) is 11.3. The van der Waals surface area contributed by atoms with Gasteiger partial charge in [0.25, 0.3) is 0 Å². The highest BCUT2D eigenvalue weighted by Gasteiger charge is 2.28. The van der Waals surface area contributed by atoms with Crippen LogP contribution in [0.1, 0.15) is 19.4 Å². The molecule has 1 heterocycles. The largest absolute Gasteiger partial charge is 0.312 e. The third-order valence-corrected chi connectivity index (χ3v) is 5.18. The molecule has 1 atom stereocenters. The third kappa shape index (κ3) is 3.69. The summed E-state index contributed by atoms with van der Waals surface area (Å²) >= 11 is 0. The molecule has 1 aromatic rings. The van der Waals surface area contributed by atoms with Crippen LogP contribution in [0.25, 0.3) is 0 Å². The van der Waals surface area contributed by atoms with Gasteiger partial charge in [0.1, 0.15) is 0 Å². The van der Waals surface area contributed by atoms with Crippen LogP contribution in [-0.4, -0.2) is 38.4 Å². The number of nitrogens with zero attached hydrogens (tertiary/aromatic N) is 1. The Morgan fingerprint density at radius 1 is 1.32 bits per heavy atom. The molecule has 1 aliphatic heterocycles. The minimum Gasteiger partial charge on any atom is -0.312 e. The molecular weight excluding hydrogens is 284 g/mol. The minimum atomic E-state index is -3.33. The smallest absolute Gasteiger partial charge is 0.243 e. The van der Waals surface area contributed by atoms with Gasteiger partial charge < -0.3 is 5.32 Å². The van der Waals surface area contributed by atoms with E-state index in [2.05, 4.69) is 12.2 Å². The van der Waals surface area contributed by atoms with Crippen LogP contribution < -0.4 is 5.32 Å². The van der Waals surface area contributed by atoms with Crippen LogP contribution in [0.15, 0.2) is 29.2 Å². The molecule has 1 aromatic carbocycles. The maximum atomic E-state index is 12.4. The van der Waals surface area contributed by atoms with Crippen molar-refractivity contribution in [3.63, 3.8) is 0 Å². The molecule has 19 heavy (non-hydrogen) atoms. The average molecular weight is 305 g/mol. The topological polar surface area (TPSA) is 49.4 Å². The summed E-state index contributed by atoms with van der Waals surface area (Å²) in [6.07, 6.45) is 0.922. The van der Waals surface area contributed by atoms with E-state index in [4.69, 9.17) is 0 Å². The summed E-state index contributed by atoms with van der Waals surface area (Å²) in [6.45, 7) is 5.86. The average Bonchev–Trinajstić information content (AvgIpc) is 2.39. The van der Waals surface area contributed by atoms with Crippen molar-refractivity contribution in [2.24, 2.45) is 0 Å². The number of nitrogens with one attached hydrogen (secondary N) is 1. The molecule has 6 heteroatoms. The van der Waals surface area contributed by atoms with E-state index in [-0.39, 0.29) is 18.4 Å². The second-order valence-electron chi connectivity index (χ2n) is 4.72. The molecule has 0 saturated carbocycles. The van der Waals surface area contributed by atoms with Crippen molar-refractivity contribution in [3.05, 3.63) is 29.8 Å². The number of hydrogen-bond donors (Lipinski definition) is 1. The number of aryl methyl sites for hydroxylation is 1. The van der Waals surface area contributed by atoms with Crippen LogP contribution in [-0.2, 0) is 16.4 Å². The molecule has 1 aliphatic rings. The van der Waals surface area contributed by atoms with Crippen LogP contribution in [0.3, 0.4) is 0 Å². The maximum absolute atomic E-state index is 12.4. The van der Waals surface area contributed by atoms with E-state index < -0.39 is 10.0 Å². The van der Waals surface area contributed by atoms with Gasteiger partial charge in [-0.1, -0.05) is 19.1 Å². The van der Waals surface area contributed by atoms with Crippen molar-refractivity contribution < 1.29 is 8.42 Å². The van der Waals surface area contributed by atoms with Gasteiger partial charge in [-0.15, -0.1) is 12.4 Å². The second kappa shape index (κ2) is 6.70. The lowest BCUT2D eigenvalue weighted by atomic mass is 10.2. The van der Waals surface area contributed by atoms with Crippen molar-refractivity contribution in [3.8, 4) is 0 Å². The van der Waals surface area contributed by atoms with Crippen LogP contribution in [0.2, 0.25) is 0 Å². The van der Waals surface area contributed by atoms with E-state index in [1.807, 2.05) is 19.1 Å². The van der Waals surface area contributed by atoms with Crippen molar-refractivity contribution in [2.75, 3.05) is 19.6 Å². The summed E-state index contributed by atoms with van der Waals surface area (Å²) in [5.41, 5.74) is 1.16. The van der Waals surface area contributed by atoms with Gasteiger partial charge in [0.15, 0.2) is 0 Å². The summed E-state index contributed by atoms with van der Waals surface area (Å²) in [6, 6.07) is 7.40. The summed E-state index contributed by atoms with van der Waals surface area (Å²) in [5, 5.41) is 3.25. The molecule has 108 valence electrons. The van der Waals surface area contributed by atoms with Crippen LogP contribution in [0.4, 0.5) is 0 Å². The molecule has 1 fully saturated rings. The molecule has 0 radical (unpaired) electrons. The minimum absolute atomic E-state index is 0. The van der Waals surface area contributed by atoms with E-state index in [1.54, 1.807) is 16.4 Å². The van der Waals surface area contributed by atoms with E-state index in [9.17, 15) is 8.42 Å². The highest BCUT2D eigenvalue weighted by Crippen LogP contribution is 2.18. The lowest BCUT2D eigenvalue weighted by Gasteiger charge is -2.31. The fourth-order valence-electron chi connectivity index (χ4n) is 2.16. The normalized spacial score (nSPS) is 20.8. The van der Waals surface area contributed by atoms with Crippen molar-refractivity contribution >= 4 is 22.4 Å². The molecule has 0 bridgehead atoms. The standard InChI is InChI=1S/C13H20N2O2S.ClH/c1-3-12-4-6-13(7-5-12)18(16,17)15-9-8-14-11(2)10-15;/h4-7,11,14H,3,8-10H2,1-2H3;1H/t11-;/m1./s1. The fraction of sp³-hybridized carbons (Fsp3) is 0.538. The van der Waals surface area contributed by atoms with Crippen LogP contribution in [0.5, 0.6) is 0 Å². The summed E-state index contributed by atoms with van der Waals surface area (Å²) < 4.78 is 26.4. The van der Waals surface area contributed by atoms with Gasteiger partial charge >= 0.3 is 0 Å². The Kier molecular flexibility index (Phi) is 5.80. The predicted octanol–water partition coefficient (Wildman–Crippen LogP) is 1.65. The van der Waals surface area contributed by atoms with E-state index in [1.165, 1.54) is 0 Å². The second-order valence-corrected chi connectivity index (χ2v) is 6.65. The van der Waals surface area contributed by atoms with Crippen LogP contribution >= 0.6 is 12.4 Å². The van der Waals surface area contributed by atoms with Crippen molar-refractivity contribution in [1.82, 2.24) is 9.62 Å². The Morgan fingerprint density at radius 2 is 1.95 bits per heavy atom. The van der Waals surface area contributed by atoms with E-state index in [0.29, 0.717) is 24.5 Å². The molecule has 1 saturated heterocycles. The summed E-state index contributed by atoms with van der Waals surface area (Å²) in [5.74, 6) is 0. The van der Waals surface area contributed by atoms with Crippen LogP contribution in [0, 0.1) is 0 Å². The number of halogens is 1. The van der Waals surface area contributed by atoms with E-state index >= 15 is 0 Å². The molecule has 0 aromatic heterocycles. The van der Waals surface area contributed by atoms with Gasteiger partial charge in [0.2, 0.25) is 10.0 Å². The molecule has 1 N–H and O–H groups in total. The van der Waals surface area contributed by atoms with Gasteiger partial charge in [0.05, 0.1) is 4.90 Å². The Bertz CT molecular complexity index is 502. The Morgan fingerprint density at radius 3 is 2.47 bits per heavy atom. The first-order chi connectivity index (χ1) is 8.54. The fourth-order valence-corrected chi connectivity index (χ4v) is 3.69. The first-order valence-electron chi connectivity index (χ1n) is 6.36. The Labute approximate surface area is 121 Å². The number of benzene rings is 1. The quantitative estimate of drug-likeness (QED) is 0.924. The monoisotopic (exact) mass is 304 g/mol. The summed E-state index contributed by atoms with van der Waals surface area (Å²) in [7, 11) is -3.33. The van der Waals surface area contributed by atoms with Gasteiger partial charge in [-0.05, 0) is 31.0 Å². The van der Waals surface area contributed by atoms with Gasteiger partial charge in [-0.25, -0.2) is 8.42 Å². The Hall–Kier alpha value is -0.620. The molecule has 2 rings (SSSR count). The molecule has 0 amide bonds. The van der Waals surface area contributed by atoms with Crippen molar-refractivity contribution in [2.45, 2.75) is 31.2 Å². The van der Waals surface area contributed by atoms with Gasteiger partial charge in [0, 0.05) is 25.7 Å². The predicted molar refractivity (Wildman–Crippen MR) is 79.3 cm³/mol.